The molecular weight excluding hydrogens is 1010 g/mol. The van der Waals surface area contributed by atoms with Gasteiger partial charge in [-0.3, -0.25) is 0 Å². The maximum Gasteiger partial charge on any atom is 0.337 e. The minimum absolute atomic E-state index is 0. The molecule has 0 aromatic carbocycles. The number of aliphatic hydroxyl groups excluding tert-OH is 3. The maximum absolute atomic E-state index is 12.1. The fraction of sp³-hybridized carbons (Fsp3) is 0.941. The second-order valence-corrected chi connectivity index (χ2v) is 8.10. The number of carbonyl (C=O) groups is 1. The Morgan fingerprint density at radius 3 is 2.04 bits per heavy atom. The quantitative estimate of drug-likeness (QED) is 0.275. The minimum Gasteiger partial charge on any atom is -0.467 e. The monoisotopic (exact) mass is 1040 g/mol. The third kappa shape index (κ3) is 7.03. The molecule has 0 aromatic rings. The van der Waals surface area contributed by atoms with Crippen LogP contribution < -0.4 is 0 Å². The van der Waals surface area contributed by atoms with Crippen molar-refractivity contribution >= 4 is 5.97 Å². The van der Waals surface area contributed by atoms with E-state index in [2.05, 4.69) is 0 Å². The summed E-state index contributed by atoms with van der Waals surface area (Å²) in [6.45, 7) is 6.76. The van der Waals surface area contributed by atoms with E-state index >= 15 is 0 Å². The Balaban J connectivity index is 0. The van der Waals surface area contributed by atoms with E-state index < -0.39 is 59.7 Å². The number of ether oxygens (including phenoxy) is 3. The van der Waals surface area contributed by atoms with Crippen LogP contribution in [-0.4, -0.2) is 81.3 Å². The van der Waals surface area contributed by atoms with Crippen LogP contribution in [0.5, 0.6) is 0 Å². The number of hydrogen-bond donors (Lipinski definition) is 4. The summed E-state index contributed by atoms with van der Waals surface area (Å²) in [5.41, 5.74) is -3.26. The van der Waals surface area contributed by atoms with Crippen LogP contribution in [0.4, 0.5) is 0 Å². The minimum atomic E-state index is -1.86. The summed E-state index contributed by atoms with van der Waals surface area (Å²) in [4.78, 5) is 12.1. The number of methoxy groups -OCH3 is 1. The largest absolute Gasteiger partial charge is 0.467 e. The molecule has 2 aliphatic rings. The summed E-state index contributed by atoms with van der Waals surface area (Å²) in [5.74, 6) is -1.65. The Hall–Kier alpha value is 3.55. The van der Waals surface area contributed by atoms with Gasteiger partial charge < -0.3 is 34.6 Å². The molecule has 6 atom stereocenters. The van der Waals surface area contributed by atoms with Gasteiger partial charge in [-0.2, -0.15) is 0 Å². The summed E-state index contributed by atoms with van der Waals surface area (Å²) < 4.78 is 17.0. The average molecular weight is 1040 g/mol. The van der Waals surface area contributed by atoms with E-state index in [0.717, 1.165) is 0 Å². The van der Waals surface area contributed by atoms with Crippen molar-refractivity contribution in [2.24, 2.45) is 5.92 Å². The molecule has 2 rings (SSSR count). The molecule has 3 radical (unpaired) electrons. The predicted octanol–water partition coefficient (Wildman–Crippen LogP) is -0.644. The topological polar surface area (TPSA) is 126 Å². The van der Waals surface area contributed by atoms with Crippen LogP contribution in [0, 0.1) is 138 Å². The second kappa shape index (κ2) is 12.9. The first-order valence-corrected chi connectivity index (χ1v) is 8.52. The van der Waals surface area contributed by atoms with Crippen LogP contribution in [0.2, 0.25) is 0 Å². The van der Waals surface area contributed by atoms with Gasteiger partial charge in [0.1, 0.15) is 6.10 Å². The molecule has 2 unspecified atom stereocenters. The van der Waals surface area contributed by atoms with Gasteiger partial charge in [0.2, 0.25) is 0 Å². The molecule has 1 saturated carbocycles. The van der Waals surface area contributed by atoms with Crippen molar-refractivity contribution in [3.63, 3.8) is 0 Å². The number of fused-ring (bicyclic) bond motifs is 1. The van der Waals surface area contributed by atoms with Gasteiger partial charge in [-0.25, -0.2) is 4.79 Å². The van der Waals surface area contributed by atoms with Crippen LogP contribution in [0.1, 0.15) is 40.5 Å². The van der Waals surface area contributed by atoms with Gasteiger partial charge in [-0.05, 0) is 34.1 Å². The number of aliphatic hydroxyl groups is 4. The normalized spacial score (nSPS) is 35.0. The van der Waals surface area contributed by atoms with E-state index in [1.165, 1.54) is 7.11 Å². The van der Waals surface area contributed by atoms with Gasteiger partial charge in [-0.15, -0.1) is 0 Å². The Kier molecular flexibility index (Phi) is 15.5. The first-order chi connectivity index (χ1) is 11.4. The molecule has 1 aliphatic carbocycles. The van der Waals surface area contributed by atoms with Gasteiger partial charge in [-0.1, -0.05) is 0 Å². The Bertz CT molecular complexity index is 519. The molecule has 11 heteroatoms. The Labute approximate surface area is 273 Å². The van der Waals surface area contributed by atoms with Crippen molar-refractivity contribution in [3.8, 4) is 0 Å². The third-order valence-electron chi connectivity index (χ3n) is 5.81. The number of carbonyl (C=O) groups excluding carboxylic acids is 1. The van der Waals surface area contributed by atoms with Gasteiger partial charge in [0, 0.05) is 145 Å². The smallest absolute Gasteiger partial charge is 0.337 e. The van der Waals surface area contributed by atoms with Crippen molar-refractivity contribution in [1.29, 1.82) is 0 Å². The third-order valence-corrected chi connectivity index (χ3v) is 5.81. The average Bonchev–Trinajstić information content (AvgIpc) is 2.53. The van der Waals surface area contributed by atoms with Crippen molar-refractivity contribution in [2.75, 3.05) is 13.7 Å². The number of rotatable bonds is 4. The first kappa shape index (κ1) is 33.7. The molecule has 1 aliphatic heterocycles. The Morgan fingerprint density at radius 2 is 1.57 bits per heavy atom. The molecular formula is C17H30Ac3O8. The molecule has 8 nitrogen and oxygen atoms in total. The van der Waals surface area contributed by atoms with E-state index in [0.29, 0.717) is 0 Å². The van der Waals surface area contributed by atoms with E-state index in [1.807, 2.05) is 27.7 Å². The molecule has 155 valence electrons. The molecule has 1 heterocycles. The molecule has 4 N–H and O–H groups in total. The summed E-state index contributed by atoms with van der Waals surface area (Å²) in [6, 6.07) is 0. The number of hydrogen-bond acceptors (Lipinski definition) is 8. The molecule has 2 fully saturated rings. The predicted molar refractivity (Wildman–Crippen MR) is 86.7 cm³/mol. The fourth-order valence-corrected chi connectivity index (χ4v) is 3.65. The van der Waals surface area contributed by atoms with Crippen LogP contribution in [0.3, 0.4) is 0 Å². The van der Waals surface area contributed by atoms with Crippen molar-refractivity contribution in [2.45, 2.75) is 81.8 Å². The number of esters is 1. The molecule has 0 amide bonds. The maximum atomic E-state index is 12.1. The standard InChI is InChI=1S/C17H30O8.3Ac/c1-15(2)16(3,4)25-13-9(12(20)10(19)8-18)6-17(22,14(21)23-5)7-11(13)24-15;;;/h9-13,18-20,22H,6-8H2,1-5H3;;;/t9-,10?,11+,12?,13+,17-;;;/m0.../s1. The van der Waals surface area contributed by atoms with Gasteiger partial charge in [0.15, 0.2) is 5.60 Å². The van der Waals surface area contributed by atoms with Crippen molar-refractivity contribution in [3.05, 3.63) is 0 Å². The summed E-state index contributed by atoms with van der Waals surface area (Å²) in [7, 11) is 1.17. The molecule has 0 bridgehead atoms. The summed E-state index contributed by atoms with van der Waals surface area (Å²) in [5, 5.41) is 40.3. The molecule has 0 spiro atoms. The van der Waals surface area contributed by atoms with E-state index in [1.54, 1.807) is 0 Å². The zero-order valence-electron chi connectivity index (χ0n) is 17.2. The van der Waals surface area contributed by atoms with Gasteiger partial charge in [0.05, 0.1) is 43.2 Å². The van der Waals surface area contributed by atoms with Crippen LogP contribution in [-0.2, 0) is 19.0 Å². The van der Waals surface area contributed by atoms with Crippen LogP contribution in [0.25, 0.3) is 0 Å². The second-order valence-electron chi connectivity index (χ2n) is 8.10. The van der Waals surface area contributed by atoms with Gasteiger partial charge in [0.25, 0.3) is 0 Å². The summed E-state index contributed by atoms with van der Waals surface area (Å²) >= 11 is 0. The zero-order chi connectivity index (χ0) is 19.2. The first-order valence-electron chi connectivity index (χ1n) is 8.52. The SMILES string of the molecule is COC(=O)[C@@]1(O)C[C@H]2OC(C)(C)C(C)(C)O[C@@H]2[C@H](C(O)C(O)CO)C1.[Ac].[Ac].[Ac]. The van der Waals surface area contributed by atoms with E-state index in [4.69, 9.17) is 19.3 Å². The van der Waals surface area contributed by atoms with Gasteiger partial charge >= 0.3 is 5.97 Å². The van der Waals surface area contributed by atoms with Crippen molar-refractivity contribution < 1.29 is 172 Å². The fourth-order valence-electron chi connectivity index (χ4n) is 3.65. The molecule has 1 saturated heterocycles. The van der Waals surface area contributed by atoms with E-state index in [-0.39, 0.29) is 145 Å². The van der Waals surface area contributed by atoms with Crippen LogP contribution >= 0.6 is 0 Å². The Morgan fingerprint density at radius 1 is 1.07 bits per heavy atom. The molecule has 28 heavy (non-hydrogen) atoms. The molecule has 0 aromatic heterocycles. The van der Waals surface area contributed by atoms with Crippen molar-refractivity contribution in [1.82, 2.24) is 0 Å². The van der Waals surface area contributed by atoms with E-state index in [9.17, 15) is 20.1 Å². The summed E-state index contributed by atoms with van der Waals surface area (Å²) in [6.07, 6.45) is -4.35. The van der Waals surface area contributed by atoms with Crippen LogP contribution in [0.15, 0.2) is 0 Å². The zero-order valence-corrected chi connectivity index (χ0v) is 31.4.